The van der Waals surface area contributed by atoms with Crippen molar-refractivity contribution in [3.8, 4) is 11.4 Å². The fourth-order valence-electron chi connectivity index (χ4n) is 2.94. The van der Waals surface area contributed by atoms with Gasteiger partial charge in [-0.25, -0.2) is 4.79 Å². The van der Waals surface area contributed by atoms with Gasteiger partial charge in [0, 0.05) is 24.6 Å². The molecule has 0 unspecified atom stereocenters. The smallest absolute Gasteiger partial charge is 0.410 e. The average Bonchev–Trinajstić information content (AvgIpc) is 3.03. The molecule has 1 aliphatic heterocycles. The summed E-state index contributed by atoms with van der Waals surface area (Å²) in [5.41, 5.74) is 1.65. The highest BCUT2D eigenvalue weighted by atomic mass is 16.6. The topological polar surface area (TPSA) is 68.5 Å². The molecule has 134 valence electrons. The fourth-order valence-corrected chi connectivity index (χ4v) is 2.94. The Kier molecular flexibility index (Phi) is 4.79. The van der Waals surface area contributed by atoms with Crippen molar-refractivity contribution in [3.05, 3.63) is 35.7 Å². The van der Waals surface area contributed by atoms with Gasteiger partial charge in [-0.2, -0.15) is 4.98 Å². The number of carbonyl (C=O) groups excluding carboxylic acids is 1. The first-order chi connectivity index (χ1) is 11.8. The van der Waals surface area contributed by atoms with Gasteiger partial charge in [0.1, 0.15) is 5.60 Å². The van der Waals surface area contributed by atoms with E-state index in [2.05, 4.69) is 10.1 Å². The van der Waals surface area contributed by atoms with Crippen LogP contribution in [0.3, 0.4) is 0 Å². The Balaban J connectivity index is 1.61. The van der Waals surface area contributed by atoms with Gasteiger partial charge in [0.2, 0.25) is 11.7 Å². The molecule has 1 aliphatic rings. The molecule has 0 aliphatic carbocycles. The molecule has 25 heavy (non-hydrogen) atoms. The standard InChI is InChI=1S/C19H25N3O3/c1-13-6-5-7-15(12-13)16-20-17(25-21-16)14-8-10-22(11-9-14)18(23)24-19(2,3)4/h5-7,12,14H,8-11H2,1-4H3. The summed E-state index contributed by atoms with van der Waals surface area (Å²) in [5, 5.41) is 4.11. The minimum atomic E-state index is -0.469. The Morgan fingerprint density at radius 2 is 2.00 bits per heavy atom. The van der Waals surface area contributed by atoms with Gasteiger partial charge in [0.15, 0.2) is 0 Å². The molecule has 6 nitrogen and oxygen atoms in total. The second-order valence-electron chi connectivity index (χ2n) is 7.57. The van der Waals surface area contributed by atoms with E-state index in [9.17, 15) is 4.79 Å². The summed E-state index contributed by atoms with van der Waals surface area (Å²) < 4.78 is 10.9. The van der Waals surface area contributed by atoms with Crippen LogP contribution in [0.4, 0.5) is 4.79 Å². The van der Waals surface area contributed by atoms with E-state index >= 15 is 0 Å². The van der Waals surface area contributed by atoms with E-state index < -0.39 is 5.60 Å². The van der Waals surface area contributed by atoms with Crippen molar-refractivity contribution < 1.29 is 14.1 Å². The zero-order chi connectivity index (χ0) is 18.0. The monoisotopic (exact) mass is 343 g/mol. The molecule has 1 saturated heterocycles. The summed E-state index contributed by atoms with van der Waals surface area (Å²) in [5.74, 6) is 1.46. The first-order valence-corrected chi connectivity index (χ1v) is 8.70. The van der Waals surface area contributed by atoms with E-state index in [0.717, 1.165) is 24.0 Å². The third-order valence-corrected chi connectivity index (χ3v) is 4.21. The van der Waals surface area contributed by atoms with Gasteiger partial charge >= 0.3 is 6.09 Å². The minimum Gasteiger partial charge on any atom is -0.444 e. The number of rotatable bonds is 2. The quantitative estimate of drug-likeness (QED) is 0.819. The summed E-state index contributed by atoms with van der Waals surface area (Å²) >= 11 is 0. The molecule has 0 bridgehead atoms. The van der Waals surface area contributed by atoms with E-state index in [0.29, 0.717) is 24.8 Å². The van der Waals surface area contributed by atoms with Crippen LogP contribution in [0.2, 0.25) is 0 Å². The maximum absolute atomic E-state index is 12.1. The van der Waals surface area contributed by atoms with Crippen molar-refractivity contribution in [2.45, 2.75) is 52.1 Å². The van der Waals surface area contributed by atoms with Crippen LogP contribution < -0.4 is 0 Å². The van der Waals surface area contributed by atoms with Crippen molar-refractivity contribution in [2.75, 3.05) is 13.1 Å². The Morgan fingerprint density at radius 1 is 1.28 bits per heavy atom. The van der Waals surface area contributed by atoms with Gasteiger partial charge in [-0.1, -0.05) is 28.9 Å². The number of aromatic nitrogens is 2. The molecule has 0 radical (unpaired) electrons. The van der Waals surface area contributed by atoms with Crippen LogP contribution in [0.15, 0.2) is 28.8 Å². The maximum Gasteiger partial charge on any atom is 0.410 e. The number of benzene rings is 1. The molecule has 1 aromatic heterocycles. The van der Waals surface area contributed by atoms with Crippen molar-refractivity contribution in [2.24, 2.45) is 0 Å². The number of hydrogen-bond donors (Lipinski definition) is 0. The number of aryl methyl sites for hydroxylation is 1. The van der Waals surface area contributed by atoms with Crippen LogP contribution in [0.25, 0.3) is 11.4 Å². The molecule has 6 heteroatoms. The zero-order valence-corrected chi connectivity index (χ0v) is 15.3. The molecule has 2 aromatic rings. The molecular formula is C19H25N3O3. The largest absolute Gasteiger partial charge is 0.444 e. The Hall–Kier alpha value is -2.37. The summed E-state index contributed by atoms with van der Waals surface area (Å²) in [7, 11) is 0. The molecule has 1 amide bonds. The Morgan fingerprint density at radius 3 is 2.64 bits per heavy atom. The number of likely N-dealkylation sites (tertiary alicyclic amines) is 1. The normalized spacial score (nSPS) is 16.1. The number of hydrogen-bond acceptors (Lipinski definition) is 5. The van der Waals surface area contributed by atoms with E-state index in [4.69, 9.17) is 9.26 Å². The molecule has 0 saturated carbocycles. The number of amides is 1. The van der Waals surface area contributed by atoms with Gasteiger partial charge in [0.25, 0.3) is 0 Å². The van der Waals surface area contributed by atoms with Gasteiger partial charge in [-0.05, 0) is 46.6 Å². The highest BCUT2D eigenvalue weighted by molar-refractivity contribution is 5.68. The fraction of sp³-hybridized carbons (Fsp3) is 0.526. The zero-order valence-electron chi connectivity index (χ0n) is 15.3. The van der Waals surface area contributed by atoms with Gasteiger partial charge in [-0.15, -0.1) is 0 Å². The maximum atomic E-state index is 12.1. The molecular weight excluding hydrogens is 318 g/mol. The first kappa shape index (κ1) is 17.5. The highest BCUT2D eigenvalue weighted by Gasteiger charge is 2.30. The lowest BCUT2D eigenvalue weighted by molar-refractivity contribution is 0.0198. The minimum absolute atomic E-state index is 0.185. The van der Waals surface area contributed by atoms with Crippen molar-refractivity contribution in [1.82, 2.24) is 15.0 Å². The summed E-state index contributed by atoms with van der Waals surface area (Å²) in [6, 6.07) is 8.05. The summed E-state index contributed by atoms with van der Waals surface area (Å²) in [6.07, 6.45) is 1.35. The Labute approximate surface area is 148 Å². The summed E-state index contributed by atoms with van der Waals surface area (Å²) in [6.45, 7) is 8.95. The number of nitrogens with zero attached hydrogens (tertiary/aromatic N) is 3. The number of piperidine rings is 1. The molecule has 1 fully saturated rings. The third-order valence-electron chi connectivity index (χ3n) is 4.21. The molecule has 0 atom stereocenters. The second kappa shape index (κ2) is 6.86. The lowest BCUT2D eigenvalue weighted by atomic mass is 9.97. The van der Waals surface area contributed by atoms with Crippen molar-refractivity contribution >= 4 is 6.09 Å². The van der Waals surface area contributed by atoms with E-state index in [1.165, 1.54) is 0 Å². The van der Waals surface area contributed by atoms with Gasteiger partial charge in [-0.3, -0.25) is 0 Å². The molecule has 1 aromatic carbocycles. The Bertz CT molecular complexity index is 740. The first-order valence-electron chi connectivity index (χ1n) is 8.70. The van der Waals surface area contributed by atoms with Gasteiger partial charge in [0.05, 0.1) is 0 Å². The predicted molar refractivity (Wildman–Crippen MR) is 94.3 cm³/mol. The number of carbonyl (C=O) groups is 1. The predicted octanol–water partition coefficient (Wildman–Crippen LogP) is 4.16. The van der Waals surface area contributed by atoms with E-state index in [1.807, 2.05) is 52.0 Å². The summed E-state index contributed by atoms with van der Waals surface area (Å²) in [4.78, 5) is 18.4. The van der Waals surface area contributed by atoms with Crippen LogP contribution in [-0.2, 0) is 4.74 Å². The van der Waals surface area contributed by atoms with Crippen molar-refractivity contribution in [3.63, 3.8) is 0 Å². The molecule has 3 rings (SSSR count). The van der Waals surface area contributed by atoms with Gasteiger partial charge < -0.3 is 14.2 Å². The lowest BCUT2D eigenvalue weighted by Gasteiger charge is -2.32. The molecule has 2 heterocycles. The van der Waals surface area contributed by atoms with Crippen LogP contribution in [0, 0.1) is 6.92 Å². The highest BCUT2D eigenvalue weighted by Crippen LogP contribution is 2.29. The second-order valence-corrected chi connectivity index (χ2v) is 7.57. The third kappa shape index (κ3) is 4.38. The SMILES string of the molecule is Cc1cccc(-c2noc(C3CCN(C(=O)OC(C)(C)C)CC3)n2)c1. The van der Waals surface area contributed by atoms with Crippen LogP contribution in [-0.4, -0.2) is 39.8 Å². The van der Waals surface area contributed by atoms with Crippen molar-refractivity contribution in [1.29, 1.82) is 0 Å². The van der Waals surface area contributed by atoms with E-state index in [-0.39, 0.29) is 12.0 Å². The van der Waals surface area contributed by atoms with E-state index in [1.54, 1.807) is 4.90 Å². The number of ether oxygens (including phenoxy) is 1. The average molecular weight is 343 g/mol. The van der Waals surface area contributed by atoms with Crippen LogP contribution in [0.5, 0.6) is 0 Å². The van der Waals surface area contributed by atoms with Crippen LogP contribution in [0.1, 0.15) is 51.0 Å². The molecule has 0 N–H and O–H groups in total. The molecule has 0 spiro atoms. The van der Waals surface area contributed by atoms with Crippen LogP contribution >= 0.6 is 0 Å². The lowest BCUT2D eigenvalue weighted by Crippen LogP contribution is -2.41.